The van der Waals surface area contributed by atoms with E-state index in [9.17, 15) is 14.9 Å². The Morgan fingerprint density at radius 2 is 2.33 bits per heavy atom. The van der Waals surface area contributed by atoms with Crippen LogP contribution in [-0.2, 0) is 0 Å². The molecule has 6 nitrogen and oxygen atoms in total. The number of halogens is 1. The van der Waals surface area contributed by atoms with E-state index in [1.54, 1.807) is 17.5 Å². The molecular weight excluding hydrogens is 324 g/mol. The second kappa shape index (κ2) is 5.23. The second-order valence-corrected chi connectivity index (χ2v) is 4.97. The number of ether oxygens (including phenoxy) is 1. The molecule has 18 heavy (non-hydrogen) atoms. The van der Waals surface area contributed by atoms with E-state index >= 15 is 0 Å². The van der Waals surface area contributed by atoms with E-state index in [1.807, 2.05) is 0 Å². The summed E-state index contributed by atoms with van der Waals surface area (Å²) in [7, 11) is 0. The monoisotopic (exact) mass is 328 g/mol. The molecule has 0 aromatic carbocycles. The van der Waals surface area contributed by atoms with Gasteiger partial charge in [0.1, 0.15) is 4.88 Å². The Labute approximate surface area is 114 Å². The maximum atomic E-state index is 11.6. The molecule has 0 fully saturated rings. The summed E-state index contributed by atoms with van der Waals surface area (Å²) >= 11 is 4.25. The Balaban J connectivity index is 2.29. The van der Waals surface area contributed by atoms with Gasteiger partial charge in [-0.15, -0.1) is 11.3 Å². The number of thiophene rings is 1. The molecule has 0 saturated heterocycles. The number of hydrogen-bond donors (Lipinski definition) is 0. The number of pyridine rings is 1. The van der Waals surface area contributed by atoms with Crippen LogP contribution in [0.15, 0.2) is 34.2 Å². The molecule has 2 heterocycles. The van der Waals surface area contributed by atoms with Crippen molar-refractivity contribution in [3.05, 3.63) is 49.2 Å². The molecule has 0 aliphatic rings. The van der Waals surface area contributed by atoms with Gasteiger partial charge in [-0.2, -0.15) is 0 Å². The van der Waals surface area contributed by atoms with Gasteiger partial charge < -0.3 is 4.74 Å². The largest absolute Gasteiger partial charge is 0.396 e. The molecular formula is C10H5BrN2O4S. The minimum Gasteiger partial charge on any atom is -0.396 e. The third-order valence-electron chi connectivity index (χ3n) is 1.91. The predicted octanol–water partition coefficient (Wildman–Crippen LogP) is 3.03. The lowest BCUT2D eigenvalue weighted by molar-refractivity contribution is -0.386. The van der Waals surface area contributed by atoms with Crippen molar-refractivity contribution >= 4 is 38.9 Å². The van der Waals surface area contributed by atoms with Crippen LogP contribution in [0.4, 0.5) is 5.69 Å². The molecule has 0 N–H and O–H groups in total. The molecule has 2 aromatic rings. The van der Waals surface area contributed by atoms with Gasteiger partial charge >= 0.3 is 17.5 Å². The van der Waals surface area contributed by atoms with E-state index in [1.165, 1.54) is 23.6 Å². The zero-order chi connectivity index (χ0) is 13.1. The van der Waals surface area contributed by atoms with E-state index in [0.29, 0.717) is 9.35 Å². The van der Waals surface area contributed by atoms with E-state index in [4.69, 9.17) is 4.74 Å². The highest BCUT2D eigenvalue weighted by Crippen LogP contribution is 2.28. The molecule has 0 radical (unpaired) electrons. The zero-order valence-electron chi connectivity index (χ0n) is 8.70. The van der Waals surface area contributed by atoms with Crippen molar-refractivity contribution in [2.75, 3.05) is 0 Å². The first kappa shape index (κ1) is 12.7. The van der Waals surface area contributed by atoms with Gasteiger partial charge in [0.15, 0.2) is 0 Å². The lowest BCUT2D eigenvalue weighted by Crippen LogP contribution is -2.09. The third kappa shape index (κ3) is 2.71. The number of carbonyl (C=O) groups is 1. The fraction of sp³-hybridized carbons (Fsp3) is 0. The number of esters is 1. The topological polar surface area (TPSA) is 82.3 Å². The number of nitro groups is 1. The van der Waals surface area contributed by atoms with Crippen molar-refractivity contribution in [2.24, 2.45) is 0 Å². The Bertz CT molecular complexity index is 600. The molecule has 2 aromatic heterocycles. The van der Waals surface area contributed by atoms with Crippen LogP contribution in [-0.4, -0.2) is 15.9 Å². The van der Waals surface area contributed by atoms with Gasteiger partial charge in [0, 0.05) is 16.7 Å². The van der Waals surface area contributed by atoms with Gasteiger partial charge in [-0.3, -0.25) is 10.1 Å². The van der Waals surface area contributed by atoms with Gasteiger partial charge in [-0.25, -0.2) is 9.78 Å². The molecule has 8 heteroatoms. The van der Waals surface area contributed by atoms with Crippen LogP contribution in [0.25, 0.3) is 0 Å². The molecule has 0 saturated carbocycles. The molecule has 0 amide bonds. The van der Waals surface area contributed by atoms with Crippen LogP contribution in [0.1, 0.15) is 9.67 Å². The predicted molar refractivity (Wildman–Crippen MR) is 67.9 cm³/mol. The third-order valence-corrected chi connectivity index (χ3v) is 3.19. The summed E-state index contributed by atoms with van der Waals surface area (Å²) in [5, 5.41) is 12.5. The molecule has 2 rings (SSSR count). The molecule has 0 aliphatic heterocycles. The summed E-state index contributed by atoms with van der Waals surface area (Å²) < 4.78 is 5.34. The Kier molecular flexibility index (Phi) is 3.68. The molecule has 0 atom stereocenters. The van der Waals surface area contributed by atoms with Crippen molar-refractivity contribution < 1.29 is 14.5 Å². The average Bonchev–Trinajstić information content (AvgIpc) is 2.84. The van der Waals surface area contributed by atoms with Gasteiger partial charge in [-0.1, -0.05) is 6.07 Å². The van der Waals surface area contributed by atoms with Crippen molar-refractivity contribution in [1.82, 2.24) is 4.98 Å². The fourth-order valence-corrected chi connectivity index (χ4v) is 2.08. The standard InChI is InChI=1S/C10H5BrN2O4S/c11-6-4-7(13(15)16)9(12-5-6)17-10(14)8-2-1-3-18-8/h1-5H. The van der Waals surface area contributed by atoms with Gasteiger partial charge in [0.2, 0.25) is 0 Å². The Morgan fingerprint density at radius 3 is 2.94 bits per heavy atom. The van der Waals surface area contributed by atoms with E-state index in [0.717, 1.165) is 0 Å². The second-order valence-electron chi connectivity index (χ2n) is 3.10. The minimum atomic E-state index is -0.664. The maximum absolute atomic E-state index is 11.6. The fourth-order valence-electron chi connectivity index (χ4n) is 1.16. The summed E-state index contributed by atoms with van der Waals surface area (Å²) in [5.41, 5.74) is -0.366. The van der Waals surface area contributed by atoms with Crippen LogP contribution >= 0.6 is 27.3 Å². The summed E-state index contributed by atoms with van der Waals surface area (Å²) in [6.07, 6.45) is 1.32. The van der Waals surface area contributed by atoms with Gasteiger partial charge in [0.25, 0.3) is 0 Å². The normalized spacial score (nSPS) is 10.1. The van der Waals surface area contributed by atoms with Crippen LogP contribution in [0.5, 0.6) is 5.88 Å². The van der Waals surface area contributed by atoms with Crippen LogP contribution in [0.2, 0.25) is 0 Å². The quantitative estimate of drug-likeness (QED) is 0.491. The molecule has 92 valence electrons. The zero-order valence-corrected chi connectivity index (χ0v) is 11.1. The molecule has 0 bridgehead atoms. The first-order chi connectivity index (χ1) is 8.58. The van der Waals surface area contributed by atoms with E-state index < -0.39 is 10.9 Å². The summed E-state index contributed by atoms with van der Waals surface area (Å²) in [5.74, 6) is -0.982. The lowest BCUT2D eigenvalue weighted by atomic mass is 10.4. The van der Waals surface area contributed by atoms with Gasteiger partial charge in [0.05, 0.1) is 4.92 Å². The number of carbonyl (C=O) groups excluding carboxylic acids is 1. The van der Waals surface area contributed by atoms with Gasteiger partial charge in [-0.05, 0) is 27.4 Å². The molecule has 0 spiro atoms. The number of nitrogens with zero attached hydrogens (tertiary/aromatic N) is 2. The Hall–Kier alpha value is -1.80. The summed E-state index contributed by atoms with van der Waals surface area (Å²) in [6, 6.07) is 4.48. The van der Waals surface area contributed by atoms with Crippen LogP contribution in [0.3, 0.4) is 0 Å². The number of rotatable bonds is 3. The molecule has 0 aliphatic carbocycles. The highest BCUT2D eigenvalue weighted by atomic mass is 79.9. The first-order valence-corrected chi connectivity index (χ1v) is 6.31. The smallest absolute Gasteiger partial charge is 0.355 e. The maximum Gasteiger partial charge on any atom is 0.355 e. The summed E-state index contributed by atoms with van der Waals surface area (Å²) in [4.78, 5) is 25.9. The average molecular weight is 329 g/mol. The van der Waals surface area contributed by atoms with Crippen molar-refractivity contribution in [3.8, 4) is 5.88 Å². The van der Waals surface area contributed by atoms with E-state index in [2.05, 4.69) is 20.9 Å². The minimum absolute atomic E-state index is 0.318. The van der Waals surface area contributed by atoms with Crippen molar-refractivity contribution in [2.45, 2.75) is 0 Å². The van der Waals surface area contributed by atoms with Crippen LogP contribution in [0, 0.1) is 10.1 Å². The van der Waals surface area contributed by atoms with Crippen molar-refractivity contribution in [1.29, 1.82) is 0 Å². The summed E-state index contributed by atoms with van der Waals surface area (Å²) in [6.45, 7) is 0. The first-order valence-electron chi connectivity index (χ1n) is 4.63. The molecule has 0 unspecified atom stereocenters. The highest BCUT2D eigenvalue weighted by molar-refractivity contribution is 9.10. The number of aromatic nitrogens is 1. The van der Waals surface area contributed by atoms with E-state index in [-0.39, 0.29) is 11.6 Å². The lowest BCUT2D eigenvalue weighted by Gasteiger charge is -2.02. The SMILES string of the molecule is O=C(Oc1ncc(Br)cc1[N+](=O)[O-])c1cccs1. The van der Waals surface area contributed by atoms with Crippen molar-refractivity contribution in [3.63, 3.8) is 0 Å². The van der Waals surface area contributed by atoms with Crippen LogP contribution < -0.4 is 4.74 Å². The Morgan fingerprint density at radius 1 is 1.56 bits per heavy atom. The highest BCUT2D eigenvalue weighted by Gasteiger charge is 2.21. The number of hydrogen-bond acceptors (Lipinski definition) is 6.